The molecule has 2 rings (SSSR count). The summed E-state index contributed by atoms with van der Waals surface area (Å²) in [6.07, 6.45) is 4.92. The molecule has 1 saturated heterocycles. The first-order valence-electron chi connectivity index (χ1n) is 3.17. The third kappa shape index (κ3) is 0.733. The second kappa shape index (κ2) is 1.84. The molecule has 0 amide bonds. The van der Waals surface area contributed by atoms with Gasteiger partial charge in [-0.1, -0.05) is 0 Å². The Morgan fingerprint density at radius 1 is 1.67 bits per heavy atom. The van der Waals surface area contributed by atoms with E-state index in [2.05, 4.69) is 15.8 Å². The smallest absolute Gasteiger partial charge is 0.0492 e. The van der Waals surface area contributed by atoms with Crippen LogP contribution in [0.3, 0.4) is 0 Å². The van der Waals surface area contributed by atoms with Crippen molar-refractivity contribution in [2.24, 2.45) is 10.9 Å². The van der Waals surface area contributed by atoms with Crippen LogP contribution >= 0.6 is 0 Å². The number of aliphatic imine (C=N–C) groups is 1. The molecule has 0 saturated carbocycles. The van der Waals surface area contributed by atoms with Crippen molar-refractivity contribution in [3.05, 3.63) is 11.9 Å². The average molecular weight is 123 g/mol. The van der Waals surface area contributed by atoms with Gasteiger partial charge in [-0.25, -0.2) is 5.43 Å². The molecule has 0 aromatic heterocycles. The van der Waals surface area contributed by atoms with Crippen LogP contribution < -0.4 is 10.9 Å². The molecule has 2 heterocycles. The number of hydrogen-bond acceptors (Lipinski definition) is 3. The molecule has 0 bridgehead atoms. The van der Waals surface area contributed by atoms with E-state index in [1.165, 1.54) is 5.70 Å². The van der Waals surface area contributed by atoms with Crippen molar-refractivity contribution in [2.45, 2.75) is 6.42 Å². The molecule has 0 aliphatic carbocycles. The van der Waals surface area contributed by atoms with Crippen molar-refractivity contribution in [3.8, 4) is 0 Å². The Hall–Kier alpha value is -0.830. The summed E-state index contributed by atoms with van der Waals surface area (Å²) in [5, 5.41) is 0. The molecular weight excluding hydrogens is 114 g/mol. The second-order valence-corrected chi connectivity index (χ2v) is 2.35. The summed E-state index contributed by atoms with van der Waals surface area (Å²) in [4.78, 5) is 4.03. The molecule has 1 fully saturated rings. The number of hydrogen-bond donors (Lipinski definition) is 2. The quantitative estimate of drug-likeness (QED) is 0.476. The van der Waals surface area contributed by atoms with Gasteiger partial charge in [-0.15, -0.1) is 0 Å². The van der Waals surface area contributed by atoms with Gasteiger partial charge in [-0.3, -0.25) is 4.99 Å². The SMILES string of the molecule is C1=NC=C2NNCC2C1. The lowest BCUT2D eigenvalue weighted by atomic mass is 10.0. The molecule has 2 aliphatic rings. The zero-order valence-electron chi connectivity index (χ0n) is 5.09. The molecule has 2 aliphatic heterocycles. The molecule has 1 atom stereocenters. The van der Waals surface area contributed by atoms with Crippen LogP contribution in [-0.4, -0.2) is 12.8 Å². The molecular formula is C6H9N3. The Morgan fingerprint density at radius 2 is 2.67 bits per heavy atom. The zero-order valence-corrected chi connectivity index (χ0v) is 5.09. The maximum atomic E-state index is 4.03. The first-order valence-corrected chi connectivity index (χ1v) is 3.17. The van der Waals surface area contributed by atoms with Gasteiger partial charge in [0, 0.05) is 30.6 Å². The van der Waals surface area contributed by atoms with Gasteiger partial charge in [0.2, 0.25) is 0 Å². The Morgan fingerprint density at radius 3 is 3.56 bits per heavy atom. The van der Waals surface area contributed by atoms with Crippen molar-refractivity contribution in [3.63, 3.8) is 0 Å². The fourth-order valence-corrected chi connectivity index (χ4v) is 1.16. The van der Waals surface area contributed by atoms with Crippen LogP contribution in [0.5, 0.6) is 0 Å². The molecule has 3 heteroatoms. The molecule has 9 heavy (non-hydrogen) atoms. The minimum absolute atomic E-state index is 0.655. The highest BCUT2D eigenvalue weighted by Crippen LogP contribution is 2.17. The third-order valence-corrected chi connectivity index (χ3v) is 1.73. The van der Waals surface area contributed by atoms with Gasteiger partial charge in [0.05, 0.1) is 0 Å². The molecule has 0 aromatic rings. The summed E-state index contributed by atoms with van der Waals surface area (Å²) in [7, 11) is 0. The number of hydrazine groups is 1. The van der Waals surface area contributed by atoms with Crippen LogP contribution in [0.15, 0.2) is 16.9 Å². The molecule has 2 N–H and O–H groups in total. The van der Waals surface area contributed by atoms with Gasteiger partial charge >= 0.3 is 0 Å². The van der Waals surface area contributed by atoms with E-state index in [1.54, 1.807) is 0 Å². The van der Waals surface area contributed by atoms with Crippen LogP contribution in [0.4, 0.5) is 0 Å². The van der Waals surface area contributed by atoms with Crippen LogP contribution in [0.2, 0.25) is 0 Å². The van der Waals surface area contributed by atoms with Gasteiger partial charge in [0.15, 0.2) is 0 Å². The Kier molecular flexibility index (Phi) is 1.02. The Labute approximate surface area is 53.8 Å². The maximum Gasteiger partial charge on any atom is 0.0492 e. The average Bonchev–Trinajstić information content (AvgIpc) is 2.33. The maximum absolute atomic E-state index is 4.03. The van der Waals surface area contributed by atoms with E-state index in [4.69, 9.17) is 0 Å². The first-order chi connectivity index (χ1) is 4.47. The number of nitrogens with one attached hydrogen (secondary N) is 2. The van der Waals surface area contributed by atoms with E-state index in [-0.39, 0.29) is 0 Å². The fourth-order valence-electron chi connectivity index (χ4n) is 1.16. The van der Waals surface area contributed by atoms with Crippen molar-refractivity contribution < 1.29 is 0 Å². The third-order valence-electron chi connectivity index (χ3n) is 1.73. The van der Waals surface area contributed by atoms with E-state index < -0.39 is 0 Å². The van der Waals surface area contributed by atoms with Gasteiger partial charge in [0.25, 0.3) is 0 Å². The lowest BCUT2D eigenvalue weighted by molar-refractivity contribution is 0.666. The molecule has 48 valence electrons. The van der Waals surface area contributed by atoms with Crippen molar-refractivity contribution >= 4 is 6.21 Å². The van der Waals surface area contributed by atoms with E-state index in [0.717, 1.165) is 13.0 Å². The first kappa shape index (κ1) is 4.99. The van der Waals surface area contributed by atoms with Crippen molar-refractivity contribution in [1.29, 1.82) is 0 Å². The molecule has 3 nitrogen and oxygen atoms in total. The lowest BCUT2D eigenvalue weighted by Crippen LogP contribution is -2.20. The Bertz CT molecular complexity index is 171. The fraction of sp³-hybridized carbons (Fsp3) is 0.500. The highest BCUT2D eigenvalue weighted by molar-refractivity contribution is 5.61. The Balaban J connectivity index is 2.23. The summed E-state index contributed by atoms with van der Waals surface area (Å²) < 4.78 is 0. The summed E-state index contributed by atoms with van der Waals surface area (Å²) >= 11 is 0. The minimum Gasteiger partial charge on any atom is -0.324 e. The summed E-state index contributed by atoms with van der Waals surface area (Å²) in [5.41, 5.74) is 7.36. The largest absolute Gasteiger partial charge is 0.324 e. The van der Waals surface area contributed by atoms with Crippen LogP contribution in [0, 0.1) is 5.92 Å². The predicted octanol–water partition coefficient (Wildman–Crippen LogP) is 0.0263. The van der Waals surface area contributed by atoms with Gasteiger partial charge in [-0.05, 0) is 6.42 Å². The predicted molar refractivity (Wildman–Crippen MR) is 35.8 cm³/mol. The number of fused-ring (bicyclic) bond motifs is 1. The standard InChI is InChI=1S/C6H9N3/c1-2-7-4-6-5(1)3-8-9-6/h2,4-5,8-9H,1,3H2. The van der Waals surface area contributed by atoms with Crippen molar-refractivity contribution in [2.75, 3.05) is 6.54 Å². The molecule has 0 spiro atoms. The van der Waals surface area contributed by atoms with Crippen molar-refractivity contribution in [1.82, 2.24) is 10.9 Å². The van der Waals surface area contributed by atoms with Gasteiger partial charge in [0.1, 0.15) is 0 Å². The van der Waals surface area contributed by atoms with E-state index in [1.807, 2.05) is 12.4 Å². The van der Waals surface area contributed by atoms with Crippen LogP contribution in [0.25, 0.3) is 0 Å². The van der Waals surface area contributed by atoms with Crippen LogP contribution in [-0.2, 0) is 0 Å². The second-order valence-electron chi connectivity index (χ2n) is 2.35. The summed E-state index contributed by atoms with van der Waals surface area (Å²) in [5.74, 6) is 0.655. The normalized spacial score (nSPS) is 31.1. The summed E-state index contributed by atoms with van der Waals surface area (Å²) in [6, 6.07) is 0. The van der Waals surface area contributed by atoms with Gasteiger partial charge in [-0.2, -0.15) is 0 Å². The zero-order chi connectivity index (χ0) is 6.10. The number of nitrogens with zero attached hydrogens (tertiary/aromatic N) is 1. The monoisotopic (exact) mass is 123 g/mol. The number of rotatable bonds is 0. The van der Waals surface area contributed by atoms with E-state index in [0.29, 0.717) is 5.92 Å². The van der Waals surface area contributed by atoms with E-state index >= 15 is 0 Å². The minimum atomic E-state index is 0.655. The van der Waals surface area contributed by atoms with Gasteiger partial charge < -0.3 is 5.43 Å². The highest BCUT2D eigenvalue weighted by atomic mass is 15.4. The van der Waals surface area contributed by atoms with Crippen LogP contribution in [0.1, 0.15) is 6.42 Å². The topological polar surface area (TPSA) is 36.4 Å². The summed E-state index contributed by atoms with van der Waals surface area (Å²) in [6.45, 7) is 1.04. The lowest BCUT2D eigenvalue weighted by Gasteiger charge is -2.07. The molecule has 0 radical (unpaired) electrons. The van der Waals surface area contributed by atoms with E-state index in [9.17, 15) is 0 Å². The highest BCUT2D eigenvalue weighted by Gasteiger charge is 2.20. The molecule has 0 aromatic carbocycles. The molecule has 1 unspecified atom stereocenters.